The van der Waals surface area contributed by atoms with E-state index in [1.807, 2.05) is 61.1 Å². The topological polar surface area (TPSA) is 98.6 Å². The van der Waals surface area contributed by atoms with Gasteiger partial charge >= 0.3 is 0 Å². The van der Waals surface area contributed by atoms with Gasteiger partial charge in [0.05, 0.1) is 22.8 Å². The van der Waals surface area contributed by atoms with Gasteiger partial charge in [-0.15, -0.1) is 0 Å². The molecule has 2 aromatic heterocycles. The Balaban J connectivity index is 1.73. The summed E-state index contributed by atoms with van der Waals surface area (Å²) >= 11 is 0. The molecule has 0 spiro atoms. The number of benzene rings is 2. The zero-order valence-electron chi connectivity index (χ0n) is 23.5. The number of aryl methyl sites for hydroxylation is 1. The zero-order chi connectivity index (χ0) is 28.3. The maximum Gasteiger partial charge on any atom is 0.247 e. The molecule has 0 saturated carbocycles. The fourth-order valence-corrected chi connectivity index (χ4v) is 3.84. The molecule has 0 radical (unpaired) electrons. The Labute approximate surface area is 214 Å². The van der Waals surface area contributed by atoms with Gasteiger partial charge in [0.2, 0.25) is 11.9 Å². The summed E-state index contributed by atoms with van der Waals surface area (Å²) in [4.78, 5) is 24.2. The normalized spacial score (nSPS) is 12.6. The molecule has 186 valence electrons. The number of nitrogens with one attached hydrogen (secondary N) is 2. The van der Waals surface area contributed by atoms with E-state index in [2.05, 4.69) is 27.2 Å². The first-order valence-electron chi connectivity index (χ1n) is 12.8. The Morgan fingerprint density at radius 2 is 2.03 bits per heavy atom. The van der Waals surface area contributed by atoms with Crippen molar-refractivity contribution >= 4 is 39.8 Å². The number of amides is 1. The number of rotatable bonds is 9. The Morgan fingerprint density at radius 1 is 1.22 bits per heavy atom. The molecule has 4 rings (SSSR count). The monoisotopic (exact) mass is 488 g/mol. The Morgan fingerprint density at radius 3 is 2.78 bits per heavy atom. The average molecular weight is 489 g/mol. The number of aromatic nitrogens is 3. The van der Waals surface area contributed by atoms with Crippen molar-refractivity contribution in [2.24, 2.45) is 7.05 Å². The van der Waals surface area contributed by atoms with Crippen LogP contribution in [-0.4, -0.2) is 64.6 Å². The second-order valence-corrected chi connectivity index (χ2v) is 8.60. The van der Waals surface area contributed by atoms with Gasteiger partial charge in [0.15, 0.2) is 0 Å². The van der Waals surface area contributed by atoms with Gasteiger partial charge in [-0.1, -0.05) is 24.8 Å². The van der Waals surface area contributed by atoms with E-state index in [1.165, 1.54) is 12.1 Å². The predicted molar refractivity (Wildman–Crippen MR) is 146 cm³/mol. The molecule has 36 heavy (non-hydrogen) atoms. The number of phenolic OH excluding ortho intramolecular Hbond substituents is 1. The predicted octanol–water partition coefficient (Wildman–Crippen LogP) is 4.21. The largest absolute Gasteiger partial charge is 0.506 e. The van der Waals surface area contributed by atoms with Crippen LogP contribution in [0, 0.1) is 0 Å². The highest BCUT2D eigenvalue weighted by atomic mass is 16.3. The zero-order valence-corrected chi connectivity index (χ0v) is 20.5. The molecule has 3 N–H and O–H groups in total. The third kappa shape index (κ3) is 5.31. The molecule has 4 aromatic rings. The fourth-order valence-electron chi connectivity index (χ4n) is 3.84. The number of phenols is 1. The molecule has 1 amide bonds. The van der Waals surface area contributed by atoms with Crippen LogP contribution >= 0.6 is 0 Å². The van der Waals surface area contributed by atoms with Crippen molar-refractivity contribution in [3.8, 4) is 17.0 Å². The lowest BCUT2D eigenvalue weighted by Gasteiger charge is -2.25. The van der Waals surface area contributed by atoms with Gasteiger partial charge in [0.25, 0.3) is 0 Å². The third-order valence-corrected chi connectivity index (χ3v) is 5.69. The molecule has 9 heteroatoms. The highest BCUT2D eigenvalue weighted by Crippen LogP contribution is 2.37. The van der Waals surface area contributed by atoms with E-state index in [1.54, 1.807) is 12.3 Å². The summed E-state index contributed by atoms with van der Waals surface area (Å²) in [5, 5.41) is 17.6. The van der Waals surface area contributed by atoms with Crippen LogP contribution in [0.5, 0.6) is 5.75 Å². The molecule has 0 aliphatic rings. The summed E-state index contributed by atoms with van der Waals surface area (Å²) in [6.07, 6.45) is 4.68. The molecule has 0 saturated heterocycles. The van der Waals surface area contributed by atoms with Gasteiger partial charge in [-0.05, 0) is 38.4 Å². The molecular weight excluding hydrogens is 454 g/mol. The summed E-state index contributed by atoms with van der Waals surface area (Å²) < 4.78 is 26.2. The number of anilines is 4. The molecule has 0 aliphatic carbocycles. The molecule has 2 aromatic carbocycles. The third-order valence-electron chi connectivity index (χ3n) is 5.69. The van der Waals surface area contributed by atoms with Crippen molar-refractivity contribution in [1.82, 2.24) is 19.4 Å². The lowest BCUT2D eigenvalue weighted by Crippen LogP contribution is -2.29. The smallest absolute Gasteiger partial charge is 0.247 e. The first-order chi connectivity index (χ1) is 18.5. The summed E-state index contributed by atoms with van der Waals surface area (Å²) in [6.45, 7) is 1.51. The van der Waals surface area contributed by atoms with Gasteiger partial charge < -0.3 is 30.1 Å². The van der Waals surface area contributed by atoms with E-state index in [9.17, 15) is 9.90 Å². The van der Waals surface area contributed by atoms with Crippen molar-refractivity contribution in [1.29, 1.82) is 0 Å². The molecule has 2 heterocycles. The molecule has 0 atom stereocenters. The van der Waals surface area contributed by atoms with Crippen molar-refractivity contribution < 1.29 is 14.0 Å². The minimum absolute atomic E-state index is 0.128. The van der Waals surface area contributed by atoms with Crippen LogP contribution in [0.1, 0.15) is 4.11 Å². The van der Waals surface area contributed by atoms with Gasteiger partial charge in [-0.3, -0.25) is 4.79 Å². The molecule has 9 nitrogen and oxygen atoms in total. The second kappa shape index (κ2) is 10.5. The molecule has 0 bridgehead atoms. The molecule has 0 aliphatic heterocycles. The van der Waals surface area contributed by atoms with Gasteiger partial charge in [0.1, 0.15) is 5.75 Å². The second-order valence-electron chi connectivity index (χ2n) is 8.60. The SMILES string of the molecule is [2H]C([2H])([2H])N(CCN(C)C)c1cc(O)c(Nc2nccc(-c3cn(C)c4ccccc34)n2)cc1NC(=O)C=C. The highest BCUT2D eigenvalue weighted by molar-refractivity contribution is 6.02. The maximum atomic E-state index is 12.2. The minimum atomic E-state index is -2.53. The first-order valence-corrected chi connectivity index (χ1v) is 11.3. The van der Waals surface area contributed by atoms with Crippen LogP contribution in [0.2, 0.25) is 0 Å². The number of para-hydroxylation sites is 1. The number of aromatic hydroxyl groups is 1. The van der Waals surface area contributed by atoms with Crippen molar-refractivity contribution in [2.75, 3.05) is 49.7 Å². The summed E-state index contributed by atoms with van der Waals surface area (Å²) in [6, 6.07) is 12.5. The van der Waals surface area contributed by atoms with Gasteiger partial charge in [-0.2, -0.15) is 0 Å². The van der Waals surface area contributed by atoms with Crippen LogP contribution in [-0.2, 0) is 11.8 Å². The van der Waals surface area contributed by atoms with E-state index in [-0.39, 0.29) is 35.3 Å². The maximum absolute atomic E-state index is 12.2. The summed E-state index contributed by atoms with van der Waals surface area (Å²) in [7, 11) is 5.62. The van der Waals surface area contributed by atoms with Crippen LogP contribution in [0.25, 0.3) is 22.2 Å². The summed E-state index contributed by atoms with van der Waals surface area (Å²) in [5.74, 6) is -0.551. The van der Waals surface area contributed by atoms with Crippen LogP contribution in [0.15, 0.2) is 67.5 Å². The van der Waals surface area contributed by atoms with Gasteiger partial charge in [0, 0.05) is 66.2 Å². The van der Waals surface area contributed by atoms with Crippen molar-refractivity contribution in [2.45, 2.75) is 0 Å². The number of nitrogens with zero attached hydrogens (tertiary/aromatic N) is 5. The number of hydrogen-bond donors (Lipinski definition) is 3. The Kier molecular flexibility index (Phi) is 6.11. The van der Waals surface area contributed by atoms with Crippen LogP contribution < -0.4 is 15.5 Å². The standard InChI is InChI=1S/C27H31N7O2/c1-6-26(36)29-21-15-22(25(35)16-24(21)33(4)14-13-32(2)3)31-27-28-12-11-20(30-27)19-17-34(5)23-10-8-7-9-18(19)23/h6-12,15-17,35H,1,13-14H2,2-5H3,(H,29,36)(H,28,30,31)/i4D3. The lowest BCUT2D eigenvalue weighted by atomic mass is 10.1. The van der Waals surface area contributed by atoms with E-state index in [0.29, 0.717) is 12.2 Å². The number of likely N-dealkylation sites (N-methyl/N-ethyl adjacent to an activating group) is 2. The van der Waals surface area contributed by atoms with Gasteiger partial charge in [-0.25, -0.2) is 9.97 Å². The number of carbonyl (C=O) groups is 1. The number of carbonyl (C=O) groups excluding carboxylic acids is 1. The van der Waals surface area contributed by atoms with Crippen molar-refractivity contribution in [3.05, 3.63) is 67.5 Å². The van der Waals surface area contributed by atoms with E-state index >= 15 is 0 Å². The number of fused-ring (bicyclic) bond motifs is 1. The lowest BCUT2D eigenvalue weighted by molar-refractivity contribution is -0.111. The van der Waals surface area contributed by atoms with E-state index < -0.39 is 12.9 Å². The van der Waals surface area contributed by atoms with Crippen molar-refractivity contribution in [3.63, 3.8) is 0 Å². The summed E-state index contributed by atoms with van der Waals surface area (Å²) in [5.41, 5.74) is 3.17. The molecule has 0 unspecified atom stereocenters. The Bertz CT molecular complexity index is 1520. The molecular formula is C27H31N7O2. The average Bonchev–Trinajstić information content (AvgIpc) is 3.22. The first kappa shape index (κ1) is 21.0. The fraction of sp³-hybridized carbons (Fsp3) is 0.222. The quantitative estimate of drug-likeness (QED) is 0.184. The highest BCUT2D eigenvalue weighted by Gasteiger charge is 2.16. The number of hydrogen-bond acceptors (Lipinski definition) is 7. The van der Waals surface area contributed by atoms with E-state index in [0.717, 1.165) is 27.4 Å². The van der Waals surface area contributed by atoms with Crippen LogP contribution in [0.3, 0.4) is 0 Å². The van der Waals surface area contributed by atoms with E-state index in [4.69, 9.17) is 4.11 Å². The molecule has 0 fully saturated rings. The Hall–Kier alpha value is -4.37. The minimum Gasteiger partial charge on any atom is -0.506 e. The van der Waals surface area contributed by atoms with Crippen LogP contribution in [0.4, 0.5) is 23.0 Å².